The molecule has 2 atom stereocenters. The molecule has 90 valence electrons. The smallest absolute Gasteiger partial charge is 0.280 e. The number of likely N-dealkylation sites (tertiary alicyclic amines) is 1. The predicted octanol–water partition coefficient (Wildman–Crippen LogP) is 1.41. The van der Waals surface area contributed by atoms with E-state index < -0.39 is 12.5 Å². The fourth-order valence-electron chi connectivity index (χ4n) is 2.17. The summed E-state index contributed by atoms with van der Waals surface area (Å²) in [5.41, 5.74) is -0.317. The van der Waals surface area contributed by atoms with Gasteiger partial charge in [-0.1, -0.05) is 0 Å². The van der Waals surface area contributed by atoms with Crippen molar-refractivity contribution < 1.29 is 13.3 Å². The van der Waals surface area contributed by atoms with Gasteiger partial charge in [0.1, 0.15) is 5.76 Å². The van der Waals surface area contributed by atoms with Crippen LogP contribution in [0.25, 0.3) is 0 Å². The summed E-state index contributed by atoms with van der Waals surface area (Å²) < 4.78 is 30.4. The molecule has 1 aromatic heterocycles. The molecule has 2 heterocycles. The van der Waals surface area contributed by atoms with E-state index >= 15 is 0 Å². The zero-order valence-corrected chi connectivity index (χ0v) is 8.95. The second-order valence-electron chi connectivity index (χ2n) is 4.22. The third-order valence-electron chi connectivity index (χ3n) is 3.16. The van der Waals surface area contributed by atoms with Gasteiger partial charge < -0.3 is 4.52 Å². The van der Waals surface area contributed by atoms with Gasteiger partial charge in [0.05, 0.1) is 6.04 Å². The van der Waals surface area contributed by atoms with Crippen LogP contribution in [0.15, 0.2) is 15.4 Å². The zero-order valence-electron chi connectivity index (χ0n) is 8.95. The number of aromatic amines is 1. The summed E-state index contributed by atoms with van der Waals surface area (Å²) in [5.74, 6) is 0.401. The minimum absolute atomic E-state index is 0.0888. The molecule has 1 saturated heterocycles. The van der Waals surface area contributed by atoms with Crippen molar-refractivity contribution in [2.24, 2.45) is 0 Å². The van der Waals surface area contributed by atoms with Crippen LogP contribution in [0.3, 0.4) is 0 Å². The number of rotatable bonds is 2. The van der Waals surface area contributed by atoms with E-state index in [-0.39, 0.29) is 11.5 Å². The molecule has 1 N–H and O–H groups in total. The lowest BCUT2D eigenvalue weighted by atomic mass is 9.89. The second kappa shape index (κ2) is 4.37. The lowest BCUT2D eigenvalue weighted by Gasteiger charge is -2.35. The average molecular weight is 232 g/mol. The van der Waals surface area contributed by atoms with Gasteiger partial charge in [-0.3, -0.25) is 9.69 Å². The van der Waals surface area contributed by atoms with E-state index in [1.807, 2.05) is 0 Å². The first-order valence-corrected chi connectivity index (χ1v) is 5.24. The van der Waals surface area contributed by atoms with Crippen LogP contribution >= 0.6 is 0 Å². The summed E-state index contributed by atoms with van der Waals surface area (Å²) in [5, 5.41) is 2.19. The lowest BCUT2D eigenvalue weighted by Crippen LogP contribution is -2.43. The highest BCUT2D eigenvalue weighted by molar-refractivity contribution is 5.05. The predicted molar refractivity (Wildman–Crippen MR) is 53.7 cm³/mol. The number of nitrogens with zero attached hydrogens (tertiary/aromatic N) is 1. The minimum atomic E-state index is -2.36. The molecule has 0 radical (unpaired) electrons. The number of H-pyrrole nitrogens is 1. The van der Waals surface area contributed by atoms with Crippen molar-refractivity contribution in [2.45, 2.75) is 31.2 Å². The monoisotopic (exact) mass is 232 g/mol. The maximum absolute atomic E-state index is 12.7. The van der Waals surface area contributed by atoms with Crippen LogP contribution in [0.5, 0.6) is 0 Å². The van der Waals surface area contributed by atoms with Gasteiger partial charge in [-0.15, -0.1) is 0 Å². The molecule has 2 rings (SSSR count). The quantitative estimate of drug-likeness (QED) is 0.838. The summed E-state index contributed by atoms with van der Waals surface area (Å²) in [6.45, 7) is 0.592. The molecular formula is C10H14F2N2O2. The van der Waals surface area contributed by atoms with Crippen LogP contribution in [0.1, 0.15) is 24.5 Å². The van der Waals surface area contributed by atoms with Gasteiger partial charge >= 0.3 is 0 Å². The van der Waals surface area contributed by atoms with Gasteiger partial charge in [-0.05, 0) is 26.4 Å². The molecule has 16 heavy (non-hydrogen) atoms. The molecular weight excluding hydrogens is 218 g/mol. The van der Waals surface area contributed by atoms with Crippen molar-refractivity contribution in [1.29, 1.82) is 0 Å². The molecule has 4 nitrogen and oxygen atoms in total. The molecule has 0 unspecified atom stereocenters. The van der Waals surface area contributed by atoms with Crippen molar-refractivity contribution in [3.8, 4) is 0 Å². The van der Waals surface area contributed by atoms with Crippen LogP contribution in [-0.2, 0) is 0 Å². The largest absolute Gasteiger partial charge is 0.383 e. The summed E-state index contributed by atoms with van der Waals surface area (Å²) in [7, 11) is 1.69. The summed E-state index contributed by atoms with van der Waals surface area (Å²) in [6.07, 6.45) is -1.30. The number of hydrogen-bond donors (Lipinski definition) is 1. The Morgan fingerprint density at radius 2 is 2.38 bits per heavy atom. The number of aromatic nitrogens is 1. The molecule has 1 aromatic rings. The standard InChI is InChI=1S/C10H14F2N2O2/c1-14-3-2-6(4-7(14)10(11)12)8-5-9(15)13-16-8/h5-7,10H,2-4H2,1H3,(H,13,15)/t6-,7+/m1/s1. The highest BCUT2D eigenvalue weighted by Gasteiger charge is 2.34. The summed E-state index contributed by atoms with van der Waals surface area (Å²) >= 11 is 0. The Bertz CT molecular complexity index is 402. The van der Waals surface area contributed by atoms with Gasteiger partial charge in [-0.25, -0.2) is 8.78 Å². The molecule has 1 aliphatic heterocycles. The summed E-state index contributed by atoms with van der Waals surface area (Å²) in [6, 6.07) is 0.595. The second-order valence-corrected chi connectivity index (χ2v) is 4.22. The Labute approximate surface area is 91.2 Å². The highest BCUT2D eigenvalue weighted by atomic mass is 19.3. The van der Waals surface area contributed by atoms with E-state index in [2.05, 4.69) is 5.16 Å². The van der Waals surface area contributed by atoms with Crippen molar-refractivity contribution in [2.75, 3.05) is 13.6 Å². The molecule has 0 aromatic carbocycles. The van der Waals surface area contributed by atoms with Crippen LogP contribution in [0.4, 0.5) is 8.78 Å². The zero-order chi connectivity index (χ0) is 11.7. The fourth-order valence-corrected chi connectivity index (χ4v) is 2.17. The molecule has 0 aliphatic carbocycles. The van der Waals surface area contributed by atoms with E-state index in [4.69, 9.17) is 4.52 Å². The first kappa shape index (κ1) is 11.3. The normalized spacial score (nSPS) is 27.5. The molecule has 0 saturated carbocycles. The van der Waals surface area contributed by atoms with Crippen LogP contribution in [0, 0.1) is 0 Å². The third-order valence-corrected chi connectivity index (χ3v) is 3.16. The van der Waals surface area contributed by atoms with Gasteiger partial charge in [0.25, 0.3) is 12.0 Å². The van der Waals surface area contributed by atoms with Crippen LogP contribution < -0.4 is 5.56 Å². The van der Waals surface area contributed by atoms with Gasteiger partial charge in [0.15, 0.2) is 0 Å². The average Bonchev–Trinajstić information content (AvgIpc) is 2.65. The summed E-state index contributed by atoms with van der Waals surface area (Å²) in [4.78, 5) is 12.6. The lowest BCUT2D eigenvalue weighted by molar-refractivity contribution is 0.00971. The number of piperidine rings is 1. The Balaban J connectivity index is 2.11. The number of nitrogens with one attached hydrogen (secondary N) is 1. The molecule has 6 heteroatoms. The Kier molecular flexibility index (Phi) is 3.09. The topological polar surface area (TPSA) is 49.2 Å². The van der Waals surface area contributed by atoms with Crippen LogP contribution in [-0.4, -0.2) is 36.1 Å². The SMILES string of the molecule is CN1CC[C@@H](c2cc(=O)[nH]o2)C[C@H]1C(F)F. The third kappa shape index (κ3) is 2.16. The van der Waals surface area contributed by atoms with Crippen molar-refractivity contribution in [1.82, 2.24) is 10.1 Å². The van der Waals surface area contributed by atoms with Crippen molar-refractivity contribution in [3.63, 3.8) is 0 Å². The molecule has 1 fully saturated rings. The molecule has 0 spiro atoms. The molecule has 0 amide bonds. The Morgan fingerprint density at radius 1 is 1.62 bits per heavy atom. The maximum Gasteiger partial charge on any atom is 0.280 e. The van der Waals surface area contributed by atoms with Gasteiger partial charge in [0.2, 0.25) is 0 Å². The first-order valence-electron chi connectivity index (χ1n) is 5.24. The Hall–Kier alpha value is -1.17. The number of halogens is 2. The van der Waals surface area contributed by atoms with Crippen molar-refractivity contribution >= 4 is 0 Å². The molecule has 0 bridgehead atoms. The van der Waals surface area contributed by atoms with E-state index in [9.17, 15) is 13.6 Å². The highest BCUT2D eigenvalue weighted by Crippen LogP contribution is 2.32. The van der Waals surface area contributed by atoms with Crippen LogP contribution in [0.2, 0.25) is 0 Å². The Morgan fingerprint density at radius 3 is 2.94 bits per heavy atom. The van der Waals surface area contributed by atoms with Crippen molar-refractivity contribution in [3.05, 3.63) is 22.2 Å². The first-order chi connectivity index (χ1) is 7.58. The maximum atomic E-state index is 12.7. The molecule has 1 aliphatic rings. The minimum Gasteiger partial charge on any atom is -0.383 e. The van der Waals surface area contributed by atoms with E-state index in [0.29, 0.717) is 18.7 Å². The van der Waals surface area contributed by atoms with Gasteiger partial charge in [0, 0.05) is 12.0 Å². The van der Waals surface area contributed by atoms with Gasteiger partial charge in [-0.2, -0.15) is 5.16 Å². The van der Waals surface area contributed by atoms with E-state index in [0.717, 1.165) is 6.42 Å². The number of hydrogen-bond acceptors (Lipinski definition) is 3. The van der Waals surface area contributed by atoms with E-state index in [1.165, 1.54) is 6.07 Å². The fraction of sp³-hybridized carbons (Fsp3) is 0.700. The van der Waals surface area contributed by atoms with E-state index in [1.54, 1.807) is 11.9 Å². The number of alkyl halides is 2.